The van der Waals surface area contributed by atoms with E-state index in [1.54, 1.807) is 18.2 Å². The van der Waals surface area contributed by atoms with Crippen LogP contribution in [0.25, 0.3) is 0 Å². The maximum atomic E-state index is 13.4. The molecule has 1 aliphatic carbocycles. The van der Waals surface area contributed by atoms with Crippen molar-refractivity contribution in [1.82, 2.24) is 14.8 Å². The molecule has 2 aromatic carbocycles. The van der Waals surface area contributed by atoms with Gasteiger partial charge in [-0.2, -0.15) is 0 Å². The van der Waals surface area contributed by atoms with Crippen LogP contribution in [-0.2, 0) is 29.7 Å². The van der Waals surface area contributed by atoms with Crippen LogP contribution >= 0.6 is 0 Å². The number of halogens is 1. The number of ketones is 1. The molecule has 1 saturated heterocycles. The molecule has 174 valence electrons. The van der Waals surface area contributed by atoms with E-state index in [1.807, 2.05) is 42.7 Å². The van der Waals surface area contributed by atoms with Crippen LogP contribution in [0.1, 0.15) is 44.9 Å². The van der Waals surface area contributed by atoms with E-state index in [1.165, 1.54) is 12.1 Å². The molecule has 0 bridgehead atoms. The van der Waals surface area contributed by atoms with Gasteiger partial charge < -0.3 is 9.88 Å². The molecule has 1 unspecified atom stereocenters. The Morgan fingerprint density at radius 3 is 2.59 bits per heavy atom. The van der Waals surface area contributed by atoms with Crippen molar-refractivity contribution in [2.75, 3.05) is 6.54 Å². The molecule has 1 fully saturated rings. The number of carbonyl (C=O) groups excluding carboxylic acids is 3. The second-order valence-electron chi connectivity index (χ2n) is 9.12. The number of imide groups is 1. The number of amides is 3. The maximum absolute atomic E-state index is 13.4. The zero-order chi connectivity index (χ0) is 24.0. The molecular formula is C27H26FN3O3. The highest BCUT2D eigenvalue weighted by Crippen LogP contribution is 2.41. The average Bonchev–Trinajstić information content (AvgIpc) is 3.42. The fourth-order valence-corrected chi connectivity index (χ4v) is 5.28. The van der Waals surface area contributed by atoms with Gasteiger partial charge in [0.2, 0.25) is 0 Å². The molecule has 7 heteroatoms. The predicted molar refractivity (Wildman–Crippen MR) is 125 cm³/mol. The first-order chi connectivity index (χ1) is 16.3. The molecule has 2 aliphatic rings. The molecule has 0 saturated carbocycles. The largest absolute Gasteiger partial charge is 0.348 e. The van der Waals surface area contributed by atoms with Crippen molar-refractivity contribution in [2.24, 2.45) is 0 Å². The standard InChI is InChI=1S/C27H26FN3O3/c1-17-15-22(18(2)30(17)14-12-19-7-9-21(28)10-8-19)24(32)16-31-25(33)27(29-26(31)34)13-11-20-5-3-4-6-23(20)27/h3-10,15H,11-14,16H2,1-2H3,(H,29,34). The summed E-state index contributed by atoms with van der Waals surface area (Å²) in [5, 5.41) is 2.87. The van der Waals surface area contributed by atoms with Gasteiger partial charge in [0.25, 0.3) is 5.91 Å². The monoisotopic (exact) mass is 459 g/mol. The molecule has 2 heterocycles. The fourth-order valence-electron chi connectivity index (χ4n) is 5.28. The number of urea groups is 1. The van der Waals surface area contributed by atoms with Crippen LogP contribution in [0.3, 0.4) is 0 Å². The molecule has 0 radical (unpaired) electrons. The number of hydrogen-bond donors (Lipinski definition) is 1. The van der Waals surface area contributed by atoms with Gasteiger partial charge in [-0.1, -0.05) is 36.4 Å². The van der Waals surface area contributed by atoms with E-state index in [-0.39, 0.29) is 24.1 Å². The third kappa shape index (κ3) is 3.52. The minimum Gasteiger partial charge on any atom is -0.348 e. The first-order valence-electron chi connectivity index (χ1n) is 11.5. The van der Waals surface area contributed by atoms with E-state index in [0.29, 0.717) is 31.4 Å². The average molecular weight is 460 g/mol. The molecule has 1 N–H and O–H groups in total. The second-order valence-corrected chi connectivity index (χ2v) is 9.12. The molecule has 1 aliphatic heterocycles. The Hall–Kier alpha value is -3.74. The van der Waals surface area contributed by atoms with Crippen LogP contribution in [0.4, 0.5) is 9.18 Å². The zero-order valence-electron chi connectivity index (χ0n) is 19.2. The van der Waals surface area contributed by atoms with Gasteiger partial charge in [-0.05, 0) is 68.0 Å². The Bertz CT molecular complexity index is 1310. The van der Waals surface area contributed by atoms with E-state index < -0.39 is 11.6 Å². The smallest absolute Gasteiger partial charge is 0.325 e. The Morgan fingerprint density at radius 2 is 1.82 bits per heavy atom. The van der Waals surface area contributed by atoms with Gasteiger partial charge >= 0.3 is 6.03 Å². The summed E-state index contributed by atoms with van der Waals surface area (Å²) in [6.45, 7) is 4.13. The van der Waals surface area contributed by atoms with Crippen molar-refractivity contribution in [3.8, 4) is 0 Å². The topological polar surface area (TPSA) is 71.4 Å². The SMILES string of the molecule is Cc1cc(C(=O)CN2C(=O)NC3(CCc4ccccc43)C2=O)c(C)n1CCc1ccc(F)cc1. The van der Waals surface area contributed by atoms with Gasteiger partial charge in [0, 0.05) is 23.5 Å². The summed E-state index contributed by atoms with van der Waals surface area (Å²) in [7, 11) is 0. The van der Waals surface area contributed by atoms with Crippen LogP contribution in [0.2, 0.25) is 0 Å². The van der Waals surface area contributed by atoms with Crippen molar-refractivity contribution in [3.63, 3.8) is 0 Å². The second kappa shape index (κ2) is 8.24. The quantitative estimate of drug-likeness (QED) is 0.446. The number of Topliss-reactive ketones (excluding diaryl/α,β-unsaturated/α-hetero) is 1. The fraction of sp³-hybridized carbons (Fsp3) is 0.296. The van der Waals surface area contributed by atoms with Gasteiger partial charge in [-0.3, -0.25) is 14.5 Å². The Morgan fingerprint density at radius 1 is 1.09 bits per heavy atom. The van der Waals surface area contributed by atoms with Crippen molar-refractivity contribution >= 4 is 17.7 Å². The molecular weight excluding hydrogens is 433 g/mol. The lowest BCUT2D eigenvalue weighted by molar-refractivity contribution is -0.131. The molecule has 1 spiro atoms. The highest BCUT2D eigenvalue weighted by molar-refractivity contribution is 6.12. The predicted octanol–water partition coefficient (Wildman–Crippen LogP) is 4.06. The highest BCUT2D eigenvalue weighted by Gasteiger charge is 2.55. The van der Waals surface area contributed by atoms with Crippen molar-refractivity contribution in [2.45, 2.75) is 45.2 Å². The van der Waals surface area contributed by atoms with E-state index in [9.17, 15) is 18.8 Å². The summed E-state index contributed by atoms with van der Waals surface area (Å²) < 4.78 is 15.2. The summed E-state index contributed by atoms with van der Waals surface area (Å²) in [5.41, 5.74) is 4.02. The van der Waals surface area contributed by atoms with Crippen LogP contribution in [-0.4, -0.2) is 33.7 Å². The molecule has 1 atom stereocenters. The summed E-state index contributed by atoms with van der Waals surface area (Å²) in [6, 6.07) is 15.3. The van der Waals surface area contributed by atoms with E-state index >= 15 is 0 Å². The normalized spacial score (nSPS) is 19.1. The lowest BCUT2D eigenvalue weighted by Crippen LogP contribution is -2.42. The third-order valence-electron chi connectivity index (χ3n) is 7.14. The van der Waals surface area contributed by atoms with Gasteiger partial charge in [0.05, 0.1) is 6.54 Å². The number of nitrogens with zero attached hydrogens (tertiary/aromatic N) is 2. The number of aromatic nitrogens is 1. The Labute approximate surface area is 197 Å². The van der Waals surface area contributed by atoms with Crippen molar-refractivity contribution < 1.29 is 18.8 Å². The lowest BCUT2D eigenvalue weighted by Gasteiger charge is -2.22. The summed E-state index contributed by atoms with van der Waals surface area (Å²) >= 11 is 0. The molecule has 6 nitrogen and oxygen atoms in total. The number of fused-ring (bicyclic) bond motifs is 2. The first-order valence-corrected chi connectivity index (χ1v) is 11.5. The number of rotatable bonds is 6. The van der Waals surface area contributed by atoms with E-state index in [4.69, 9.17) is 0 Å². The van der Waals surface area contributed by atoms with Gasteiger partial charge in [-0.15, -0.1) is 0 Å². The summed E-state index contributed by atoms with van der Waals surface area (Å²) in [6.07, 6.45) is 1.90. The number of benzene rings is 2. The number of carbonyl (C=O) groups is 3. The van der Waals surface area contributed by atoms with Crippen molar-refractivity contribution in [3.05, 3.63) is 94.1 Å². The Balaban J connectivity index is 1.33. The first kappa shape index (κ1) is 22.1. The summed E-state index contributed by atoms with van der Waals surface area (Å²) in [4.78, 5) is 40.4. The Kier molecular flexibility index (Phi) is 5.35. The van der Waals surface area contributed by atoms with E-state index in [2.05, 4.69) is 5.32 Å². The number of nitrogens with one attached hydrogen (secondary N) is 1. The van der Waals surface area contributed by atoms with Gasteiger partial charge in [-0.25, -0.2) is 9.18 Å². The number of hydrogen-bond acceptors (Lipinski definition) is 3. The highest BCUT2D eigenvalue weighted by atomic mass is 19.1. The van der Waals surface area contributed by atoms with E-state index in [0.717, 1.165) is 33.0 Å². The molecule has 34 heavy (non-hydrogen) atoms. The molecule has 3 aromatic rings. The minimum atomic E-state index is -1.07. The maximum Gasteiger partial charge on any atom is 0.325 e. The van der Waals surface area contributed by atoms with Crippen LogP contribution in [0, 0.1) is 19.7 Å². The van der Waals surface area contributed by atoms with Crippen molar-refractivity contribution in [1.29, 1.82) is 0 Å². The van der Waals surface area contributed by atoms with Crippen LogP contribution < -0.4 is 5.32 Å². The number of aryl methyl sites for hydroxylation is 3. The molecule has 3 amide bonds. The lowest BCUT2D eigenvalue weighted by atomic mass is 9.92. The zero-order valence-corrected chi connectivity index (χ0v) is 19.2. The van der Waals surface area contributed by atoms with Crippen LogP contribution in [0.5, 0.6) is 0 Å². The molecule has 5 rings (SSSR count). The van der Waals surface area contributed by atoms with Crippen LogP contribution in [0.15, 0.2) is 54.6 Å². The van der Waals surface area contributed by atoms with Gasteiger partial charge in [0.15, 0.2) is 5.78 Å². The minimum absolute atomic E-state index is 0.270. The third-order valence-corrected chi connectivity index (χ3v) is 7.14. The van der Waals surface area contributed by atoms with Gasteiger partial charge in [0.1, 0.15) is 11.4 Å². The molecule has 1 aromatic heterocycles. The summed E-state index contributed by atoms with van der Waals surface area (Å²) in [5.74, 6) is -0.901.